The number of aromatic nitrogens is 3. The molecule has 1 aromatic carbocycles. The molecule has 3 heterocycles. The molecule has 10 heteroatoms. The number of imidazole rings is 1. The Balaban J connectivity index is 1.68. The van der Waals surface area contributed by atoms with Crippen molar-refractivity contribution < 1.29 is 18.0 Å². The van der Waals surface area contributed by atoms with Gasteiger partial charge in [-0.15, -0.1) is 0 Å². The first-order valence-corrected chi connectivity index (χ1v) is 10.3. The van der Waals surface area contributed by atoms with E-state index in [1.165, 1.54) is 7.05 Å². The van der Waals surface area contributed by atoms with Crippen molar-refractivity contribution in [2.75, 3.05) is 20.1 Å². The van der Waals surface area contributed by atoms with Gasteiger partial charge in [0.25, 0.3) is 5.91 Å². The number of aliphatic imine (C=N–C) groups is 1. The van der Waals surface area contributed by atoms with E-state index < -0.39 is 17.5 Å². The predicted octanol–water partition coefficient (Wildman–Crippen LogP) is 3.25. The smallest absolute Gasteiger partial charge is 0.273 e. The second kappa shape index (κ2) is 8.34. The number of amides is 1. The lowest BCUT2D eigenvalue weighted by Gasteiger charge is -2.30. The van der Waals surface area contributed by atoms with E-state index in [0.29, 0.717) is 47.0 Å². The van der Waals surface area contributed by atoms with Gasteiger partial charge in [-0.2, -0.15) is 0 Å². The van der Waals surface area contributed by atoms with Gasteiger partial charge in [-0.3, -0.25) is 19.2 Å². The van der Waals surface area contributed by atoms with Crippen LogP contribution in [-0.2, 0) is 0 Å². The maximum Gasteiger partial charge on any atom is 0.273 e. The average molecular weight is 456 g/mol. The number of hydrogen-bond acceptors (Lipinski definition) is 5. The van der Waals surface area contributed by atoms with Gasteiger partial charge in [0.05, 0.1) is 23.6 Å². The van der Waals surface area contributed by atoms with Gasteiger partial charge in [0.2, 0.25) is 0 Å². The van der Waals surface area contributed by atoms with Crippen LogP contribution in [0.5, 0.6) is 0 Å². The molecular weight excluding hydrogens is 433 g/mol. The van der Waals surface area contributed by atoms with Crippen LogP contribution in [0.3, 0.4) is 0 Å². The first-order chi connectivity index (χ1) is 15.6. The number of halogens is 3. The average Bonchev–Trinajstić information content (AvgIpc) is 3.13. The SMILES string of the molecule is CN=C(C1=C(N)CN(C(=O)c2c(C)nc3c(C)ncc(C)n23)CC1)c1cc(F)c(F)c(F)c1. The van der Waals surface area contributed by atoms with Crippen LogP contribution in [-0.4, -0.2) is 51.0 Å². The Morgan fingerprint density at radius 1 is 1.12 bits per heavy atom. The standard InChI is InChI=1S/C23H23F3N6O/c1-11-9-29-13(3)22-30-12(2)21(32(11)22)23(33)31-6-5-15(18(27)10-31)20(28-4)14-7-16(24)19(26)17(25)8-14/h7-9H,5-6,10,27H2,1-4H3. The van der Waals surface area contributed by atoms with Crippen LogP contribution in [0, 0.1) is 38.2 Å². The van der Waals surface area contributed by atoms with E-state index in [-0.39, 0.29) is 23.7 Å². The van der Waals surface area contributed by atoms with Crippen LogP contribution in [0.2, 0.25) is 0 Å². The van der Waals surface area contributed by atoms with Crippen molar-refractivity contribution in [1.29, 1.82) is 0 Å². The normalized spacial score (nSPS) is 15.0. The Hall–Kier alpha value is -3.69. The van der Waals surface area contributed by atoms with Gasteiger partial charge in [0, 0.05) is 42.3 Å². The highest BCUT2D eigenvalue weighted by molar-refractivity contribution is 6.13. The largest absolute Gasteiger partial charge is 0.400 e. The highest BCUT2D eigenvalue weighted by atomic mass is 19.2. The zero-order valence-electron chi connectivity index (χ0n) is 18.7. The quantitative estimate of drug-likeness (QED) is 0.484. The number of carbonyl (C=O) groups excluding carboxylic acids is 1. The molecule has 1 aliphatic rings. The number of aryl methyl sites for hydroxylation is 3. The van der Waals surface area contributed by atoms with Crippen LogP contribution in [0.1, 0.15) is 39.6 Å². The number of rotatable bonds is 3. The molecular formula is C23H23F3N6O. The monoisotopic (exact) mass is 456 g/mol. The zero-order chi connectivity index (χ0) is 24.0. The lowest BCUT2D eigenvalue weighted by molar-refractivity contribution is 0.0756. The molecule has 1 aliphatic heterocycles. The van der Waals surface area contributed by atoms with Gasteiger partial charge in [0.1, 0.15) is 5.69 Å². The summed E-state index contributed by atoms with van der Waals surface area (Å²) in [5, 5.41) is 0. The van der Waals surface area contributed by atoms with Gasteiger partial charge >= 0.3 is 0 Å². The number of carbonyl (C=O) groups is 1. The molecule has 0 radical (unpaired) electrons. The molecule has 7 nitrogen and oxygen atoms in total. The molecule has 0 atom stereocenters. The van der Waals surface area contributed by atoms with Crippen LogP contribution in [0.4, 0.5) is 13.2 Å². The summed E-state index contributed by atoms with van der Waals surface area (Å²) in [5.74, 6) is -4.38. The molecule has 1 amide bonds. The molecule has 3 aromatic rings. The van der Waals surface area contributed by atoms with Crippen molar-refractivity contribution >= 4 is 17.3 Å². The molecule has 172 valence electrons. The first kappa shape index (κ1) is 22.5. The third-order valence-corrected chi connectivity index (χ3v) is 5.81. The van der Waals surface area contributed by atoms with Crippen molar-refractivity contribution in [1.82, 2.24) is 19.3 Å². The Labute approximate surface area is 188 Å². The zero-order valence-corrected chi connectivity index (χ0v) is 18.7. The third kappa shape index (κ3) is 3.75. The van der Waals surface area contributed by atoms with E-state index in [1.54, 1.807) is 22.4 Å². The Morgan fingerprint density at radius 3 is 2.39 bits per heavy atom. The molecule has 0 aliphatic carbocycles. The second-order valence-corrected chi connectivity index (χ2v) is 8.00. The summed E-state index contributed by atoms with van der Waals surface area (Å²) in [6.45, 7) is 5.87. The van der Waals surface area contributed by atoms with Gasteiger partial charge in [0.15, 0.2) is 23.1 Å². The summed E-state index contributed by atoms with van der Waals surface area (Å²) in [5.41, 5.74) is 10.7. The maximum atomic E-state index is 13.8. The van der Waals surface area contributed by atoms with Crippen molar-refractivity contribution in [3.05, 3.63) is 75.4 Å². The molecule has 2 N–H and O–H groups in total. The molecule has 0 fully saturated rings. The summed E-state index contributed by atoms with van der Waals surface area (Å²) >= 11 is 0. The van der Waals surface area contributed by atoms with Crippen molar-refractivity contribution in [2.24, 2.45) is 10.7 Å². The van der Waals surface area contributed by atoms with E-state index in [0.717, 1.165) is 17.8 Å². The Bertz CT molecular complexity index is 1330. The third-order valence-electron chi connectivity index (χ3n) is 5.81. The number of benzene rings is 1. The fourth-order valence-electron chi connectivity index (χ4n) is 4.18. The van der Waals surface area contributed by atoms with E-state index in [1.807, 2.05) is 13.8 Å². The molecule has 33 heavy (non-hydrogen) atoms. The number of hydrogen-bond donors (Lipinski definition) is 1. The number of fused-ring (bicyclic) bond motifs is 1. The van der Waals surface area contributed by atoms with Gasteiger partial charge in [-0.05, 0) is 39.3 Å². The molecule has 2 aromatic heterocycles. The second-order valence-electron chi connectivity index (χ2n) is 8.00. The first-order valence-electron chi connectivity index (χ1n) is 10.3. The van der Waals surface area contributed by atoms with Gasteiger partial charge in [-0.25, -0.2) is 18.2 Å². The molecule has 0 bridgehead atoms. The summed E-state index contributed by atoms with van der Waals surface area (Å²) in [6.07, 6.45) is 2.01. The Kier molecular flexibility index (Phi) is 5.69. The topological polar surface area (TPSA) is 88.9 Å². The summed E-state index contributed by atoms with van der Waals surface area (Å²) in [6, 6.07) is 1.78. The van der Waals surface area contributed by atoms with Crippen LogP contribution in [0.25, 0.3) is 5.65 Å². The predicted molar refractivity (Wildman–Crippen MR) is 118 cm³/mol. The molecule has 0 saturated heterocycles. The lowest BCUT2D eigenvalue weighted by Crippen LogP contribution is -2.41. The maximum absolute atomic E-state index is 13.8. The van der Waals surface area contributed by atoms with Crippen molar-refractivity contribution in [3.8, 4) is 0 Å². The summed E-state index contributed by atoms with van der Waals surface area (Å²) in [4.78, 5) is 28.0. The van der Waals surface area contributed by atoms with Crippen molar-refractivity contribution in [3.63, 3.8) is 0 Å². The fourth-order valence-corrected chi connectivity index (χ4v) is 4.18. The number of nitrogens with two attached hydrogens (primary N) is 1. The minimum Gasteiger partial charge on any atom is -0.400 e. The van der Waals surface area contributed by atoms with Gasteiger partial charge < -0.3 is 10.6 Å². The van der Waals surface area contributed by atoms with E-state index in [4.69, 9.17) is 5.73 Å². The van der Waals surface area contributed by atoms with Crippen molar-refractivity contribution in [2.45, 2.75) is 27.2 Å². The number of nitrogens with zero attached hydrogens (tertiary/aromatic N) is 5. The van der Waals surface area contributed by atoms with Crippen LogP contribution < -0.4 is 5.73 Å². The Morgan fingerprint density at radius 2 is 1.79 bits per heavy atom. The van der Waals surface area contributed by atoms with E-state index in [9.17, 15) is 18.0 Å². The summed E-state index contributed by atoms with van der Waals surface area (Å²) in [7, 11) is 1.47. The summed E-state index contributed by atoms with van der Waals surface area (Å²) < 4.78 is 42.7. The fraction of sp³-hybridized carbons (Fsp3) is 0.304. The molecule has 0 unspecified atom stereocenters. The van der Waals surface area contributed by atoms with Crippen LogP contribution >= 0.6 is 0 Å². The van der Waals surface area contributed by atoms with E-state index >= 15 is 0 Å². The van der Waals surface area contributed by atoms with Gasteiger partial charge in [-0.1, -0.05) is 0 Å². The minimum atomic E-state index is -1.54. The molecule has 0 saturated carbocycles. The minimum absolute atomic E-state index is 0.0860. The highest BCUT2D eigenvalue weighted by Gasteiger charge is 2.29. The molecule has 4 rings (SSSR count). The molecule has 0 spiro atoms. The van der Waals surface area contributed by atoms with E-state index in [2.05, 4.69) is 15.0 Å². The van der Waals surface area contributed by atoms with Crippen LogP contribution in [0.15, 0.2) is 34.6 Å². The highest BCUT2D eigenvalue weighted by Crippen LogP contribution is 2.25. The lowest BCUT2D eigenvalue weighted by atomic mass is 9.94.